The summed E-state index contributed by atoms with van der Waals surface area (Å²) in [7, 11) is 0. The average molecular weight is 174 g/mol. The van der Waals surface area contributed by atoms with Gasteiger partial charge in [0.1, 0.15) is 0 Å². The molecule has 6 heteroatoms. The second-order valence-corrected chi connectivity index (χ2v) is 1.79. The molecule has 0 radical (unpaired) electrons. The van der Waals surface area contributed by atoms with E-state index in [0.717, 1.165) is 0 Å². The first-order valence-electron chi connectivity index (χ1n) is 2.78. The molecule has 0 fully saturated rings. The zero-order valence-electron chi connectivity index (χ0n) is 7.57. The number of carbonyl (C=O) groups excluding carboxylic acids is 1. The first-order chi connectivity index (χ1) is 4.45. The summed E-state index contributed by atoms with van der Waals surface area (Å²) in [5.41, 5.74) is 0. The first kappa shape index (κ1) is 13.9. The number of ether oxygens (including phenoxy) is 1. The molecule has 0 spiro atoms. The molecule has 0 aliphatic heterocycles. The van der Waals surface area contributed by atoms with E-state index < -0.39 is 18.5 Å². The van der Waals surface area contributed by atoms with Crippen molar-refractivity contribution >= 4 is 5.97 Å². The molecule has 5 nitrogen and oxygen atoms in total. The van der Waals surface area contributed by atoms with Crippen LogP contribution in [0.4, 0.5) is 0 Å². The third kappa shape index (κ3) is 10.4. The molecule has 0 bridgehead atoms. The molecule has 0 atom stereocenters. The molecule has 3 N–H and O–H groups in total. The van der Waals surface area contributed by atoms with E-state index in [-0.39, 0.29) is 37.4 Å². The topological polar surface area (TPSA) is 87.0 Å². The van der Waals surface area contributed by atoms with Crippen molar-refractivity contribution in [3.8, 4) is 0 Å². The molecule has 0 saturated heterocycles. The van der Waals surface area contributed by atoms with Crippen LogP contribution in [0, 0.1) is 0 Å². The van der Waals surface area contributed by atoms with Crippen LogP contribution >= 0.6 is 0 Å². The molecule has 0 rings (SSSR count). The fraction of sp³-hybridized carbons (Fsp3) is 0.800. The minimum atomic E-state index is -2.91. The molecule has 0 aromatic carbocycles. The van der Waals surface area contributed by atoms with Gasteiger partial charge in [-0.2, -0.15) is 0 Å². The summed E-state index contributed by atoms with van der Waals surface area (Å²) in [6, 6.07) is 0. The molecule has 62 valence electrons. The molecular formula is C5H11NaO5. The van der Waals surface area contributed by atoms with Crippen molar-refractivity contribution in [1.82, 2.24) is 0 Å². The van der Waals surface area contributed by atoms with Gasteiger partial charge in [0.15, 0.2) is 6.61 Å². The number of rotatable bonds is 3. The van der Waals surface area contributed by atoms with E-state index in [4.69, 9.17) is 15.3 Å². The molecule has 11 heavy (non-hydrogen) atoms. The Hall–Kier alpha value is 0.350. The Morgan fingerprint density at radius 3 is 2.27 bits per heavy atom. The summed E-state index contributed by atoms with van der Waals surface area (Å²) >= 11 is 0. The van der Waals surface area contributed by atoms with Gasteiger partial charge in [-0.25, -0.2) is 0 Å². The van der Waals surface area contributed by atoms with Crippen LogP contribution < -0.4 is 29.6 Å². The van der Waals surface area contributed by atoms with Gasteiger partial charge in [0.05, 0.1) is 0 Å². The van der Waals surface area contributed by atoms with Crippen LogP contribution in [0.3, 0.4) is 0 Å². The van der Waals surface area contributed by atoms with Gasteiger partial charge in [-0.15, -0.1) is 0 Å². The standard InChI is InChI=1S/C5H10O5.Na.H/c1-2-4(6)10-3-5(7,8)9;;/h7-9H,2-3H2,1H3;;/q;+1;-1. The SMILES string of the molecule is CCC(=O)OCC(O)(O)O.[H-].[Na+]. The number of hydrogen-bond donors (Lipinski definition) is 3. The average Bonchev–Trinajstić information content (AvgIpc) is 1.81. The molecule has 0 aromatic rings. The Kier molecular flexibility index (Phi) is 7.50. The summed E-state index contributed by atoms with van der Waals surface area (Å²) in [4.78, 5) is 10.3. The van der Waals surface area contributed by atoms with E-state index >= 15 is 0 Å². The number of esters is 1. The maximum atomic E-state index is 10.3. The zero-order chi connectivity index (χ0) is 8.20. The molecule has 0 aromatic heterocycles. The molecule has 0 saturated carbocycles. The van der Waals surface area contributed by atoms with Crippen molar-refractivity contribution in [2.45, 2.75) is 19.3 Å². The summed E-state index contributed by atoms with van der Waals surface area (Å²) < 4.78 is 4.17. The van der Waals surface area contributed by atoms with Crippen LogP contribution in [0.2, 0.25) is 0 Å². The van der Waals surface area contributed by atoms with Crippen LogP contribution in [0.1, 0.15) is 14.8 Å². The number of carbonyl (C=O) groups is 1. The fourth-order valence-corrected chi connectivity index (χ4v) is 0.279. The Balaban J connectivity index is -0.000000405. The second-order valence-electron chi connectivity index (χ2n) is 1.79. The summed E-state index contributed by atoms with van der Waals surface area (Å²) in [5, 5.41) is 24.6. The van der Waals surface area contributed by atoms with E-state index in [2.05, 4.69) is 4.74 Å². The van der Waals surface area contributed by atoms with E-state index in [0.29, 0.717) is 0 Å². The van der Waals surface area contributed by atoms with Crippen LogP contribution in [-0.2, 0) is 9.53 Å². The van der Waals surface area contributed by atoms with Crippen LogP contribution in [0.5, 0.6) is 0 Å². The monoisotopic (exact) mass is 174 g/mol. The Morgan fingerprint density at radius 2 is 2.00 bits per heavy atom. The predicted octanol–water partition coefficient (Wildman–Crippen LogP) is -4.31. The van der Waals surface area contributed by atoms with Gasteiger partial charge >= 0.3 is 41.5 Å². The molecular weight excluding hydrogens is 163 g/mol. The maximum Gasteiger partial charge on any atom is 1.00 e. The van der Waals surface area contributed by atoms with Crippen molar-refractivity contribution < 1.29 is 55.8 Å². The van der Waals surface area contributed by atoms with Gasteiger partial charge in [-0.1, -0.05) is 6.92 Å². The molecule has 0 aliphatic rings. The van der Waals surface area contributed by atoms with Gasteiger partial charge in [-0.3, -0.25) is 4.79 Å². The molecule has 0 aliphatic carbocycles. The second kappa shape index (κ2) is 5.93. The normalized spacial score (nSPS) is 10.2. The van der Waals surface area contributed by atoms with Crippen molar-refractivity contribution in [3.63, 3.8) is 0 Å². The van der Waals surface area contributed by atoms with Crippen molar-refractivity contribution in [1.29, 1.82) is 0 Å². The first-order valence-corrected chi connectivity index (χ1v) is 2.78. The Morgan fingerprint density at radius 1 is 1.55 bits per heavy atom. The van der Waals surface area contributed by atoms with E-state index in [1.807, 2.05) is 0 Å². The quantitative estimate of drug-likeness (QED) is 0.229. The number of hydrogen-bond acceptors (Lipinski definition) is 5. The molecule has 0 unspecified atom stereocenters. The zero-order valence-corrected chi connectivity index (χ0v) is 8.57. The minimum Gasteiger partial charge on any atom is -1.00 e. The largest absolute Gasteiger partial charge is 1.00 e. The van der Waals surface area contributed by atoms with Crippen molar-refractivity contribution in [3.05, 3.63) is 0 Å². The van der Waals surface area contributed by atoms with Gasteiger partial charge in [0.2, 0.25) is 0 Å². The van der Waals surface area contributed by atoms with Gasteiger partial charge in [-0.05, 0) is 0 Å². The summed E-state index contributed by atoms with van der Waals surface area (Å²) in [5.74, 6) is -3.51. The van der Waals surface area contributed by atoms with E-state index in [1.54, 1.807) is 6.92 Å². The van der Waals surface area contributed by atoms with Crippen molar-refractivity contribution in [2.75, 3.05) is 6.61 Å². The van der Waals surface area contributed by atoms with E-state index in [1.165, 1.54) is 0 Å². The van der Waals surface area contributed by atoms with Gasteiger partial charge in [0, 0.05) is 6.42 Å². The van der Waals surface area contributed by atoms with Crippen LogP contribution in [0.25, 0.3) is 0 Å². The van der Waals surface area contributed by atoms with Crippen molar-refractivity contribution in [2.24, 2.45) is 0 Å². The summed E-state index contributed by atoms with van der Waals surface area (Å²) in [6.45, 7) is 0.732. The third-order valence-corrected chi connectivity index (χ3v) is 0.715. The Bertz CT molecular complexity index is 123. The summed E-state index contributed by atoms with van der Waals surface area (Å²) in [6.07, 6.45) is 0.135. The molecule has 0 heterocycles. The number of aliphatic hydroxyl groups is 3. The predicted molar refractivity (Wildman–Crippen MR) is 31.7 cm³/mol. The fourth-order valence-electron chi connectivity index (χ4n) is 0.279. The van der Waals surface area contributed by atoms with Crippen LogP contribution in [-0.4, -0.2) is 33.9 Å². The van der Waals surface area contributed by atoms with Gasteiger partial charge < -0.3 is 21.5 Å². The third-order valence-electron chi connectivity index (χ3n) is 0.715. The van der Waals surface area contributed by atoms with Gasteiger partial charge in [0.25, 0.3) is 0 Å². The maximum absolute atomic E-state index is 10.3. The van der Waals surface area contributed by atoms with Crippen LogP contribution in [0.15, 0.2) is 0 Å². The molecule has 0 amide bonds. The minimum absolute atomic E-state index is 0. The van der Waals surface area contributed by atoms with E-state index in [9.17, 15) is 4.79 Å². The smallest absolute Gasteiger partial charge is 1.00 e. The Labute approximate surface area is 87.8 Å².